The molecule has 2 aliphatic heterocycles. The van der Waals surface area contributed by atoms with Crippen LogP contribution < -0.4 is 20.1 Å². The summed E-state index contributed by atoms with van der Waals surface area (Å²) in [6.07, 6.45) is 7.49. The monoisotopic (exact) mass is 663 g/mol. The summed E-state index contributed by atoms with van der Waals surface area (Å²) < 4.78 is 22.3. The van der Waals surface area contributed by atoms with Gasteiger partial charge >= 0.3 is 0 Å². The fourth-order valence-corrected chi connectivity index (χ4v) is 6.58. The number of hydrogen-bond donors (Lipinski definition) is 2. The van der Waals surface area contributed by atoms with Gasteiger partial charge in [-0.05, 0) is 43.9 Å². The lowest BCUT2D eigenvalue weighted by molar-refractivity contribution is 0.0774. The molecular formula is C35H39Cl2N5O4. The van der Waals surface area contributed by atoms with Crippen LogP contribution in [0.4, 0.5) is 0 Å². The highest BCUT2D eigenvalue weighted by Crippen LogP contribution is 2.42. The molecule has 9 nitrogen and oxygen atoms in total. The number of rotatable bonds is 11. The summed E-state index contributed by atoms with van der Waals surface area (Å²) >= 11 is 14.1. The Labute approximate surface area is 280 Å². The van der Waals surface area contributed by atoms with Crippen molar-refractivity contribution in [2.75, 3.05) is 40.6 Å². The highest BCUT2D eigenvalue weighted by Gasteiger charge is 2.20. The topological polar surface area (TPSA) is 99.7 Å². The van der Waals surface area contributed by atoms with Gasteiger partial charge in [-0.1, -0.05) is 47.5 Å². The van der Waals surface area contributed by atoms with Gasteiger partial charge in [0.15, 0.2) is 0 Å². The van der Waals surface area contributed by atoms with Crippen molar-refractivity contribution in [2.45, 2.75) is 50.9 Å². The Balaban J connectivity index is 1.24. The molecule has 0 amide bonds. The zero-order chi connectivity index (χ0) is 31.9. The van der Waals surface area contributed by atoms with Crippen LogP contribution in [0.2, 0.25) is 10.0 Å². The van der Waals surface area contributed by atoms with Crippen molar-refractivity contribution < 1.29 is 18.9 Å². The van der Waals surface area contributed by atoms with E-state index in [0.717, 1.165) is 85.6 Å². The molecule has 4 aromatic rings. The van der Waals surface area contributed by atoms with Crippen molar-refractivity contribution in [2.24, 2.45) is 0 Å². The molecule has 242 valence electrons. The maximum Gasteiger partial charge on any atom is 0.218 e. The molecule has 0 spiro atoms. The van der Waals surface area contributed by atoms with E-state index in [4.69, 9.17) is 52.1 Å². The largest absolute Gasteiger partial charge is 0.495 e. The molecule has 1 aromatic carbocycles. The molecule has 0 atom stereocenters. The maximum absolute atomic E-state index is 7.08. The molecular weight excluding hydrogens is 625 g/mol. The molecule has 46 heavy (non-hydrogen) atoms. The van der Waals surface area contributed by atoms with Gasteiger partial charge in [-0.2, -0.15) is 0 Å². The predicted molar refractivity (Wildman–Crippen MR) is 181 cm³/mol. The lowest BCUT2D eigenvalue weighted by atomic mass is 9.99. The van der Waals surface area contributed by atoms with Crippen LogP contribution in [0.1, 0.15) is 36.9 Å². The molecule has 2 aliphatic rings. The summed E-state index contributed by atoms with van der Waals surface area (Å²) in [6, 6.07) is 14.5. The van der Waals surface area contributed by atoms with E-state index < -0.39 is 0 Å². The van der Waals surface area contributed by atoms with Gasteiger partial charge in [0.2, 0.25) is 5.88 Å². The molecule has 2 N–H and O–H groups in total. The number of nitrogens with zero attached hydrogens (tertiary/aromatic N) is 3. The summed E-state index contributed by atoms with van der Waals surface area (Å²) in [5, 5.41) is 8.18. The van der Waals surface area contributed by atoms with Gasteiger partial charge in [-0.25, -0.2) is 4.98 Å². The minimum absolute atomic E-state index is 0.404. The number of benzene rings is 1. The average Bonchev–Trinajstić information content (AvgIpc) is 3.11. The van der Waals surface area contributed by atoms with Gasteiger partial charge in [-0.15, -0.1) is 0 Å². The zero-order valence-electron chi connectivity index (χ0n) is 26.2. The smallest absolute Gasteiger partial charge is 0.218 e. The fourth-order valence-electron chi connectivity index (χ4n) is 5.93. The lowest BCUT2D eigenvalue weighted by Gasteiger charge is -2.23. The maximum atomic E-state index is 7.08. The molecule has 0 aliphatic carbocycles. The Hall–Kier alpha value is -3.31. The first kappa shape index (κ1) is 32.6. The summed E-state index contributed by atoms with van der Waals surface area (Å²) in [4.78, 5) is 14.2. The number of hydrogen-bond acceptors (Lipinski definition) is 9. The number of methoxy groups -OCH3 is 2. The van der Waals surface area contributed by atoms with Crippen molar-refractivity contribution in [3.8, 4) is 45.3 Å². The van der Waals surface area contributed by atoms with Gasteiger partial charge in [0.05, 0.1) is 41.3 Å². The molecule has 0 bridgehead atoms. The molecule has 0 radical (unpaired) electrons. The highest BCUT2D eigenvalue weighted by atomic mass is 35.5. The second-order valence-corrected chi connectivity index (χ2v) is 12.2. The van der Waals surface area contributed by atoms with E-state index >= 15 is 0 Å². The van der Waals surface area contributed by atoms with Crippen LogP contribution in [-0.2, 0) is 22.6 Å². The first-order valence-corrected chi connectivity index (χ1v) is 16.4. The summed E-state index contributed by atoms with van der Waals surface area (Å²) in [7, 11) is 3.28. The summed E-state index contributed by atoms with van der Waals surface area (Å²) in [5.74, 6) is 1.24. The number of pyridine rings is 3. The van der Waals surface area contributed by atoms with E-state index in [0.29, 0.717) is 58.2 Å². The van der Waals surface area contributed by atoms with E-state index in [1.165, 1.54) is 0 Å². The molecule has 0 unspecified atom stereocenters. The van der Waals surface area contributed by atoms with Crippen LogP contribution in [0.25, 0.3) is 33.6 Å². The molecule has 6 rings (SSSR count). The van der Waals surface area contributed by atoms with E-state index in [-0.39, 0.29) is 0 Å². The minimum atomic E-state index is 0.404. The van der Waals surface area contributed by atoms with Gasteiger partial charge in [0.25, 0.3) is 0 Å². The van der Waals surface area contributed by atoms with Crippen LogP contribution in [0.5, 0.6) is 11.6 Å². The average molecular weight is 665 g/mol. The van der Waals surface area contributed by atoms with Crippen LogP contribution in [0, 0.1) is 0 Å². The molecule has 11 heteroatoms. The third-order valence-electron chi connectivity index (χ3n) is 8.59. The van der Waals surface area contributed by atoms with Crippen LogP contribution >= 0.6 is 23.2 Å². The second kappa shape index (κ2) is 15.5. The first-order valence-electron chi connectivity index (χ1n) is 15.7. The summed E-state index contributed by atoms with van der Waals surface area (Å²) in [5.41, 5.74) is 6.18. The molecule has 0 saturated carbocycles. The highest BCUT2D eigenvalue weighted by molar-refractivity contribution is 6.39. The quantitative estimate of drug-likeness (QED) is 0.181. The minimum Gasteiger partial charge on any atom is -0.495 e. The van der Waals surface area contributed by atoms with Crippen LogP contribution in [0.15, 0.2) is 54.9 Å². The van der Waals surface area contributed by atoms with Crippen molar-refractivity contribution in [1.29, 1.82) is 0 Å². The summed E-state index contributed by atoms with van der Waals surface area (Å²) in [6.45, 7) is 4.40. The fraction of sp³-hybridized carbons (Fsp3) is 0.400. The molecule has 2 fully saturated rings. The Kier molecular flexibility index (Phi) is 11.0. The van der Waals surface area contributed by atoms with Crippen molar-refractivity contribution in [1.82, 2.24) is 25.6 Å². The Bertz CT molecular complexity index is 1520. The van der Waals surface area contributed by atoms with Crippen molar-refractivity contribution in [3.05, 3.63) is 76.2 Å². The normalized spacial score (nSPS) is 16.0. The second-order valence-electron chi connectivity index (χ2n) is 11.5. The van der Waals surface area contributed by atoms with Crippen LogP contribution in [0.3, 0.4) is 0 Å². The number of ether oxygens (including phenoxy) is 4. The van der Waals surface area contributed by atoms with Crippen LogP contribution in [-0.4, -0.2) is 67.7 Å². The molecule has 2 saturated heterocycles. The standard InChI is InChI=1S/C35H39Cl2N5O4/c1-43-31-18-23(20-41-30(31)21-40-25-11-16-46-17-12-25)34-33(37)27(8-13-38-34)26-4-3-5-28(32(26)36)29-7-6-22(35(42-29)44-2)19-39-24-9-14-45-15-10-24/h3-8,13,18,20,24-25,39-40H,9-12,14-17,19,21H2,1-2H3. The Morgan fingerprint density at radius 3 is 2.15 bits per heavy atom. The van der Waals surface area contributed by atoms with Gasteiger partial charge < -0.3 is 29.6 Å². The van der Waals surface area contributed by atoms with Gasteiger partial charge in [-0.3, -0.25) is 9.97 Å². The van der Waals surface area contributed by atoms with E-state index in [9.17, 15) is 0 Å². The predicted octanol–water partition coefficient (Wildman–Crippen LogP) is 6.73. The Morgan fingerprint density at radius 1 is 0.783 bits per heavy atom. The van der Waals surface area contributed by atoms with E-state index in [1.807, 2.05) is 42.5 Å². The zero-order valence-corrected chi connectivity index (χ0v) is 27.7. The number of halogens is 2. The van der Waals surface area contributed by atoms with E-state index in [1.54, 1.807) is 26.6 Å². The number of nitrogens with one attached hydrogen (secondary N) is 2. The van der Waals surface area contributed by atoms with Gasteiger partial charge in [0.1, 0.15) is 5.75 Å². The van der Waals surface area contributed by atoms with E-state index in [2.05, 4.69) is 15.6 Å². The SMILES string of the molecule is COc1cc(-c2nccc(-c3cccc(-c4ccc(CNC5CCOCC5)c(OC)n4)c3Cl)c2Cl)cnc1CNC1CCOCC1. The third-order valence-corrected chi connectivity index (χ3v) is 9.38. The number of aromatic nitrogens is 3. The Morgan fingerprint density at radius 2 is 1.46 bits per heavy atom. The third kappa shape index (κ3) is 7.46. The first-order chi connectivity index (χ1) is 22.6. The van der Waals surface area contributed by atoms with Gasteiger partial charge in [0, 0.05) is 91.8 Å². The molecule has 5 heterocycles. The van der Waals surface area contributed by atoms with Crippen molar-refractivity contribution in [3.63, 3.8) is 0 Å². The van der Waals surface area contributed by atoms with Crippen molar-refractivity contribution >= 4 is 23.2 Å². The molecule has 3 aromatic heterocycles. The lowest BCUT2D eigenvalue weighted by Crippen LogP contribution is -2.34.